The van der Waals surface area contributed by atoms with Gasteiger partial charge in [-0.1, -0.05) is 87.4 Å². The highest BCUT2D eigenvalue weighted by Crippen LogP contribution is 2.29. The molecule has 4 aliphatic rings. The number of carbonyl (C=O) groups excluding carboxylic acids is 8. The van der Waals surface area contributed by atoms with E-state index in [-0.39, 0.29) is 72.7 Å². The summed E-state index contributed by atoms with van der Waals surface area (Å²) in [6, 6.07) is 19.0. The largest absolute Gasteiger partial charge is 0.370 e. The van der Waals surface area contributed by atoms with Crippen LogP contribution in [0.1, 0.15) is 89.7 Å². The number of para-hydroxylation sites is 1. The minimum Gasteiger partial charge on any atom is -0.370 e. The lowest BCUT2D eigenvalue weighted by atomic mass is 9.93. The molecule has 19 nitrogen and oxygen atoms in total. The molecule has 3 aromatic carbocycles. The Bertz CT molecular complexity index is 2740. The van der Waals surface area contributed by atoms with Crippen LogP contribution in [-0.4, -0.2) is 121 Å². The molecule has 4 aromatic rings. The number of nitrogens with one attached hydrogen (secondary N) is 10. The van der Waals surface area contributed by atoms with Crippen molar-refractivity contribution >= 4 is 68.9 Å². The van der Waals surface area contributed by atoms with Crippen molar-refractivity contribution in [2.24, 2.45) is 41.2 Å². The smallest absolute Gasteiger partial charge is 0.226 e. The molecular weight excluding hydrogens is 967 g/mol. The quantitative estimate of drug-likeness (QED) is 0.0515. The number of H-pyrrole nitrogens is 1. The highest BCUT2D eigenvalue weighted by molar-refractivity contribution is 5.88. The van der Waals surface area contributed by atoms with Gasteiger partial charge in [0, 0.05) is 93.8 Å². The fourth-order valence-electron chi connectivity index (χ4n) is 12.1. The minimum absolute atomic E-state index is 0.00794. The van der Waals surface area contributed by atoms with Gasteiger partial charge in [0.2, 0.25) is 47.3 Å². The van der Waals surface area contributed by atoms with Crippen LogP contribution in [0.3, 0.4) is 0 Å². The van der Waals surface area contributed by atoms with Gasteiger partial charge in [-0.3, -0.25) is 38.4 Å². The molecule has 8 amide bonds. The van der Waals surface area contributed by atoms with Crippen molar-refractivity contribution in [3.05, 3.63) is 84.1 Å². The summed E-state index contributed by atoms with van der Waals surface area (Å²) >= 11 is 0. The molecule has 3 heterocycles. The van der Waals surface area contributed by atoms with Crippen molar-refractivity contribution in [2.75, 3.05) is 32.7 Å². The van der Waals surface area contributed by atoms with Gasteiger partial charge >= 0.3 is 0 Å². The minimum atomic E-state index is -0.626. The lowest BCUT2D eigenvalue weighted by molar-refractivity contribution is -0.130. The molecule has 8 unspecified atom stereocenters. The molecule has 2 aliphatic carbocycles. The molecule has 0 spiro atoms. The van der Waals surface area contributed by atoms with Crippen molar-refractivity contribution in [1.82, 2.24) is 52.8 Å². The van der Waals surface area contributed by atoms with Crippen LogP contribution in [-0.2, 0) is 51.2 Å². The molecule has 408 valence electrons. The molecule has 1 aromatic heterocycles. The van der Waals surface area contributed by atoms with Gasteiger partial charge in [-0.15, -0.1) is 0 Å². The van der Waals surface area contributed by atoms with Crippen molar-refractivity contribution in [1.29, 1.82) is 0 Å². The summed E-state index contributed by atoms with van der Waals surface area (Å²) in [4.78, 5) is 111. The van der Waals surface area contributed by atoms with E-state index in [4.69, 9.17) is 5.73 Å². The van der Waals surface area contributed by atoms with Crippen molar-refractivity contribution in [3.63, 3.8) is 0 Å². The number of nitrogens with two attached hydrogens (primary N) is 1. The first kappa shape index (κ1) is 55.4. The SMILES string of the molecule is CC(=O)NC1CCCC1C(=O)N[C@H](CC(=O)NC1CCCC1C(=O)NC[C@H](CC(C)C)C(=O)NC1CNCC1C(=O)NC1CNCC1C(=O)N[C@H](CC(N)=O)Cc1c[nH]c2ccccc12)Cc1ccc2ccccc2c1. The molecule has 19 heteroatoms. The van der Waals surface area contributed by atoms with Gasteiger partial charge in [0.25, 0.3) is 0 Å². The van der Waals surface area contributed by atoms with Gasteiger partial charge < -0.3 is 58.6 Å². The number of primary amides is 1. The van der Waals surface area contributed by atoms with Gasteiger partial charge in [0.15, 0.2) is 0 Å². The van der Waals surface area contributed by atoms with E-state index in [2.05, 4.69) is 58.9 Å². The van der Waals surface area contributed by atoms with Crippen molar-refractivity contribution < 1.29 is 38.4 Å². The van der Waals surface area contributed by atoms with Crippen LogP contribution in [0.4, 0.5) is 0 Å². The molecule has 0 bridgehead atoms. The first-order chi connectivity index (χ1) is 36.6. The fraction of sp³-hybridized carbons (Fsp3) is 0.544. The summed E-state index contributed by atoms with van der Waals surface area (Å²) in [5.74, 6) is -5.00. The maximum atomic E-state index is 14.1. The molecular formula is C57H77N11O8. The van der Waals surface area contributed by atoms with Crippen molar-refractivity contribution in [2.45, 2.75) is 128 Å². The Morgan fingerprint density at radius 3 is 1.93 bits per heavy atom. The number of benzene rings is 3. The number of aromatic amines is 1. The molecule has 11 atom stereocenters. The van der Waals surface area contributed by atoms with E-state index in [1.807, 2.05) is 80.7 Å². The summed E-state index contributed by atoms with van der Waals surface area (Å²) in [6.07, 6.45) is 7.12. The zero-order valence-electron chi connectivity index (χ0n) is 44.0. The summed E-state index contributed by atoms with van der Waals surface area (Å²) < 4.78 is 0. The third-order valence-electron chi connectivity index (χ3n) is 15.9. The average Bonchev–Trinajstić information content (AvgIpc) is 4.25. The number of hydrogen-bond donors (Lipinski definition) is 11. The Labute approximate surface area is 444 Å². The Kier molecular flexibility index (Phi) is 18.8. The number of amides is 8. The Morgan fingerprint density at radius 2 is 1.24 bits per heavy atom. The third-order valence-corrected chi connectivity index (χ3v) is 15.9. The van der Waals surface area contributed by atoms with E-state index in [0.29, 0.717) is 71.1 Å². The van der Waals surface area contributed by atoms with Gasteiger partial charge in [-0.05, 0) is 78.8 Å². The molecule has 2 saturated heterocycles. The highest BCUT2D eigenvalue weighted by Gasteiger charge is 2.41. The molecule has 2 saturated carbocycles. The van der Waals surface area contributed by atoms with Crippen LogP contribution in [0.2, 0.25) is 0 Å². The summed E-state index contributed by atoms with van der Waals surface area (Å²) in [5, 5.41) is 31.0. The van der Waals surface area contributed by atoms with Crippen molar-refractivity contribution in [3.8, 4) is 0 Å². The third kappa shape index (κ3) is 14.5. The Balaban J connectivity index is 0.841. The van der Waals surface area contributed by atoms with Gasteiger partial charge in [0.05, 0.1) is 41.7 Å². The van der Waals surface area contributed by atoms with Crippen LogP contribution >= 0.6 is 0 Å². The first-order valence-corrected chi connectivity index (χ1v) is 27.4. The normalized spacial score (nSPS) is 24.4. The number of aromatic nitrogens is 1. The Morgan fingerprint density at radius 1 is 0.618 bits per heavy atom. The van der Waals surface area contributed by atoms with E-state index in [9.17, 15) is 38.4 Å². The second-order valence-corrected chi connectivity index (χ2v) is 22.1. The molecule has 76 heavy (non-hydrogen) atoms. The lowest BCUT2D eigenvalue weighted by Gasteiger charge is -2.27. The van der Waals surface area contributed by atoms with Crippen LogP contribution < -0.4 is 53.6 Å². The number of rotatable bonds is 23. The average molecular weight is 1040 g/mol. The summed E-state index contributed by atoms with van der Waals surface area (Å²) in [6.45, 7) is 6.88. The predicted octanol–water partition coefficient (Wildman–Crippen LogP) is 2.12. The summed E-state index contributed by atoms with van der Waals surface area (Å²) in [7, 11) is 0. The fourth-order valence-corrected chi connectivity index (χ4v) is 12.1. The summed E-state index contributed by atoms with van der Waals surface area (Å²) in [5.41, 5.74) is 8.47. The Hall–Kier alpha value is -6.86. The van der Waals surface area contributed by atoms with Crippen LogP contribution in [0.25, 0.3) is 21.7 Å². The predicted molar refractivity (Wildman–Crippen MR) is 289 cm³/mol. The second-order valence-electron chi connectivity index (χ2n) is 22.1. The maximum absolute atomic E-state index is 14.1. The number of carbonyl (C=O) groups is 8. The van der Waals surface area contributed by atoms with Crippen LogP contribution in [0, 0.1) is 35.5 Å². The second kappa shape index (κ2) is 25.8. The molecule has 4 fully saturated rings. The molecule has 8 rings (SSSR count). The zero-order valence-corrected chi connectivity index (χ0v) is 44.0. The lowest BCUT2D eigenvalue weighted by Crippen LogP contribution is -2.54. The molecule has 12 N–H and O–H groups in total. The van der Waals surface area contributed by atoms with E-state index >= 15 is 0 Å². The van der Waals surface area contributed by atoms with E-state index in [0.717, 1.165) is 45.6 Å². The van der Waals surface area contributed by atoms with Crippen LogP contribution in [0.15, 0.2) is 72.9 Å². The maximum Gasteiger partial charge on any atom is 0.226 e. The number of fused-ring (bicyclic) bond motifs is 2. The number of hydrogen-bond acceptors (Lipinski definition) is 10. The molecule has 0 radical (unpaired) electrons. The van der Waals surface area contributed by atoms with Gasteiger partial charge in [-0.25, -0.2) is 0 Å². The highest BCUT2D eigenvalue weighted by atomic mass is 16.2. The van der Waals surface area contributed by atoms with Gasteiger partial charge in [0.1, 0.15) is 0 Å². The van der Waals surface area contributed by atoms with Gasteiger partial charge in [-0.2, -0.15) is 0 Å². The van der Waals surface area contributed by atoms with E-state index in [1.54, 1.807) is 0 Å². The zero-order chi connectivity index (χ0) is 53.9. The molecule has 2 aliphatic heterocycles. The standard InChI is InChI=1S/C57H77N11O8/c1-32(2)20-38(53(72)67-49-30-60-29-45(49)57(76)68-50-31-59-28-44(50)56(75)65-40(24-51(58)70)23-37-26-61-46-15-7-6-12-41(37)46)27-62-54(73)42-13-8-17-48(42)66-52(71)25-39(22-34-18-19-35-10-4-5-11-36(35)21-34)64-55(74)43-14-9-16-47(43)63-33(3)69/h4-7,10-12,15,18-19,21,26,32,38-40,42-45,47-50,59-61H,8-9,13-14,16-17,20,22-25,27-31H2,1-3H3,(H2,58,70)(H,62,73)(H,63,69)(H,64,74)(H,65,75)(H,66,71)(H,67,72)(H,68,76)/t38-,39-,40-,42?,43?,44?,45?,47?,48?,49?,50?/m0/s1. The topological polar surface area (TPSA) is 287 Å². The first-order valence-electron chi connectivity index (χ1n) is 27.4. The van der Waals surface area contributed by atoms with E-state index < -0.39 is 65.7 Å². The van der Waals surface area contributed by atoms with E-state index in [1.165, 1.54) is 6.92 Å². The monoisotopic (exact) mass is 1040 g/mol. The van der Waals surface area contributed by atoms with Crippen LogP contribution in [0.5, 0.6) is 0 Å².